The molecule has 0 aromatic heterocycles. The van der Waals surface area contributed by atoms with Crippen LogP contribution in [0, 0.1) is 0 Å². The maximum atomic E-state index is 5.70. The molecule has 0 saturated carbocycles. The molecule has 0 fully saturated rings. The second kappa shape index (κ2) is 7.89. The maximum Gasteiger partial charge on any atom is 0.231 e. The van der Waals surface area contributed by atoms with Crippen LogP contribution in [-0.4, -0.2) is 26.5 Å². The van der Waals surface area contributed by atoms with Crippen LogP contribution in [0.4, 0.5) is 0 Å². The smallest absolute Gasteiger partial charge is 0.231 e. The van der Waals surface area contributed by atoms with Gasteiger partial charge in [0.2, 0.25) is 6.79 Å². The Labute approximate surface area is 115 Å². The van der Waals surface area contributed by atoms with Gasteiger partial charge in [0.15, 0.2) is 11.5 Å². The van der Waals surface area contributed by atoms with Crippen molar-refractivity contribution >= 4 is 0 Å². The molecular formula is C15H23NO3. The molecule has 0 saturated heterocycles. The van der Waals surface area contributed by atoms with Gasteiger partial charge in [-0.3, -0.25) is 0 Å². The van der Waals surface area contributed by atoms with E-state index in [4.69, 9.17) is 14.2 Å². The first kappa shape index (κ1) is 14.0. The third kappa shape index (κ3) is 4.63. The summed E-state index contributed by atoms with van der Waals surface area (Å²) in [5.41, 5.74) is 0. The molecule has 0 atom stereocenters. The minimum atomic E-state index is 0.309. The molecule has 1 aliphatic rings. The van der Waals surface area contributed by atoms with Crippen molar-refractivity contribution in [2.24, 2.45) is 0 Å². The van der Waals surface area contributed by atoms with Gasteiger partial charge in [0.25, 0.3) is 0 Å². The fourth-order valence-corrected chi connectivity index (χ4v) is 1.99. The largest absolute Gasteiger partial charge is 0.493 e. The molecule has 106 valence electrons. The molecule has 1 N–H and O–H groups in total. The van der Waals surface area contributed by atoms with Gasteiger partial charge < -0.3 is 19.5 Å². The number of hydrogen-bond acceptors (Lipinski definition) is 4. The Morgan fingerprint density at radius 1 is 1.11 bits per heavy atom. The molecule has 0 spiro atoms. The van der Waals surface area contributed by atoms with Crippen LogP contribution < -0.4 is 19.5 Å². The lowest BCUT2D eigenvalue weighted by atomic mass is 10.2. The van der Waals surface area contributed by atoms with Crippen molar-refractivity contribution < 1.29 is 14.2 Å². The lowest BCUT2D eigenvalue weighted by Gasteiger charge is -2.07. The number of nitrogens with one attached hydrogen (secondary N) is 1. The van der Waals surface area contributed by atoms with Crippen LogP contribution in [0.15, 0.2) is 18.2 Å². The van der Waals surface area contributed by atoms with E-state index in [0.717, 1.165) is 43.4 Å². The van der Waals surface area contributed by atoms with E-state index in [2.05, 4.69) is 12.2 Å². The quantitative estimate of drug-likeness (QED) is 0.697. The highest BCUT2D eigenvalue weighted by molar-refractivity contribution is 5.46. The summed E-state index contributed by atoms with van der Waals surface area (Å²) >= 11 is 0. The van der Waals surface area contributed by atoms with Crippen LogP contribution in [0.3, 0.4) is 0 Å². The molecule has 1 aromatic rings. The van der Waals surface area contributed by atoms with Gasteiger partial charge in [0.1, 0.15) is 5.75 Å². The van der Waals surface area contributed by atoms with Crippen molar-refractivity contribution in [2.45, 2.75) is 32.6 Å². The first-order chi connectivity index (χ1) is 9.40. The molecule has 2 rings (SSSR count). The van der Waals surface area contributed by atoms with E-state index in [1.807, 2.05) is 18.2 Å². The number of benzene rings is 1. The summed E-state index contributed by atoms with van der Waals surface area (Å²) in [7, 11) is 0. The Morgan fingerprint density at radius 2 is 2.00 bits per heavy atom. The van der Waals surface area contributed by atoms with E-state index in [1.165, 1.54) is 19.3 Å². The fraction of sp³-hybridized carbons (Fsp3) is 0.600. The Hall–Kier alpha value is -1.42. The zero-order valence-electron chi connectivity index (χ0n) is 11.6. The van der Waals surface area contributed by atoms with Gasteiger partial charge in [0, 0.05) is 6.07 Å². The van der Waals surface area contributed by atoms with Crippen LogP contribution in [0.25, 0.3) is 0 Å². The SMILES string of the molecule is CCCNCCCCCOc1ccc2c(c1)OCO2. The monoisotopic (exact) mass is 265 g/mol. The van der Waals surface area contributed by atoms with Crippen molar-refractivity contribution in [3.63, 3.8) is 0 Å². The third-order valence-corrected chi connectivity index (χ3v) is 3.04. The average Bonchev–Trinajstić information content (AvgIpc) is 2.89. The second-order valence-corrected chi connectivity index (χ2v) is 4.67. The molecule has 1 heterocycles. The van der Waals surface area contributed by atoms with Gasteiger partial charge in [-0.15, -0.1) is 0 Å². The number of hydrogen-bond donors (Lipinski definition) is 1. The summed E-state index contributed by atoms with van der Waals surface area (Å²) in [5.74, 6) is 2.43. The van der Waals surface area contributed by atoms with Crippen molar-refractivity contribution in [3.05, 3.63) is 18.2 Å². The topological polar surface area (TPSA) is 39.7 Å². The lowest BCUT2D eigenvalue weighted by Crippen LogP contribution is -2.15. The van der Waals surface area contributed by atoms with E-state index in [-0.39, 0.29) is 0 Å². The Kier molecular flexibility index (Phi) is 5.82. The number of unbranched alkanes of at least 4 members (excludes halogenated alkanes) is 2. The lowest BCUT2D eigenvalue weighted by molar-refractivity contribution is 0.173. The van der Waals surface area contributed by atoms with Crippen molar-refractivity contribution in [2.75, 3.05) is 26.5 Å². The van der Waals surface area contributed by atoms with Gasteiger partial charge in [-0.25, -0.2) is 0 Å². The minimum absolute atomic E-state index is 0.309. The van der Waals surface area contributed by atoms with E-state index in [9.17, 15) is 0 Å². The predicted molar refractivity (Wildman–Crippen MR) is 75.1 cm³/mol. The minimum Gasteiger partial charge on any atom is -0.493 e. The highest BCUT2D eigenvalue weighted by Crippen LogP contribution is 2.35. The van der Waals surface area contributed by atoms with Gasteiger partial charge in [0.05, 0.1) is 6.61 Å². The molecule has 0 radical (unpaired) electrons. The third-order valence-electron chi connectivity index (χ3n) is 3.04. The summed E-state index contributed by atoms with van der Waals surface area (Å²) in [6, 6.07) is 5.72. The van der Waals surface area contributed by atoms with Crippen LogP contribution >= 0.6 is 0 Å². The molecule has 0 amide bonds. The fourth-order valence-electron chi connectivity index (χ4n) is 1.99. The van der Waals surface area contributed by atoms with Gasteiger partial charge in [-0.05, 0) is 50.9 Å². The molecule has 19 heavy (non-hydrogen) atoms. The predicted octanol–water partition coefficient (Wildman–Crippen LogP) is 2.96. The number of fused-ring (bicyclic) bond motifs is 1. The van der Waals surface area contributed by atoms with Crippen LogP contribution in [0.1, 0.15) is 32.6 Å². The number of ether oxygens (including phenoxy) is 3. The van der Waals surface area contributed by atoms with Gasteiger partial charge in [-0.2, -0.15) is 0 Å². The maximum absolute atomic E-state index is 5.70. The zero-order chi connectivity index (χ0) is 13.3. The van der Waals surface area contributed by atoms with E-state index >= 15 is 0 Å². The van der Waals surface area contributed by atoms with Crippen LogP contribution in [0.2, 0.25) is 0 Å². The Balaban J connectivity index is 1.56. The number of rotatable bonds is 9. The molecule has 0 aliphatic carbocycles. The zero-order valence-corrected chi connectivity index (χ0v) is 11.6. The van der Waals surface area contributed by atoms with Crippen molar-refractivity contribution in [1.82, 2.24) is 5.32 Å². The van der Waals surface area contributed by atoms with Crippen molar-refractivity contribution in [1.29, 1.82) is 0 Å². The highest BCUT2D eigenvalue weighted by Gasteiger charge is 2.13. The summed E-state index contributed by atoms with van der Waals surface area (Å²) < 4.78 is 16.3. The standard InChI is InChI=1S/C15H23NO3/c1-2-8-16-9-4-3-5-10-17-13-6-7-14-15(11-13)19-12-18-14/h6-7,11,16H,2-5,8-10,12H2,1H3. The average molecular weight is 265 g/mol. The van der Waals surface area contributed by atoms with E-state index < -0.39 is 0 Å². The summed E-state index contributed by atoms with van der Waals surface area (Å²) in [5, 5.41) is 3.40. The van der Waals surface area contributed by atoms with E-state index in [0.29, 0.717) is 6.79 Å². The Bertz CT molecular complexity index is 382. The molecule has 0 bridgehead atoms. The molecule has 1 aromatic carbocycles. The van der Waals surface area contributed by atoms with Gasteiger partial charge in [-0.1, -0.05) is 6.92 Å². The second-order valence-electron chi connectivity index (χ2n) is 4.67. The molecule has 4 heteroatoms. The first-order valence-corrected chi connectivity index (χ1v) is 7.13. The van der Waals surface area contributed by atoms with Crippen molar-refractivity contribution in [3.8, 4) is 17.2 Å². The van der Waals surface area contributed by atoms with Gasteiger partial charge >= 0.3 is 0 Å². The van der Waals surface area contributed by atoms with Crippen LogP contribution in [0.5, 0.6) is 17.2 Å². The molecule has 0 unspecified atom stereocenters. The molecular weight excluding hydrogens is 242 g/mol. The first-order valence-electron chi connectivity index (χ1n) is 7.13. The summed E-state index contributed by atoms with van der Waals surface area (Å²) in [6.45, 7) is 5.48. The summed E-state index contributed by atoms with van der Waals surface area (Å²) in [6.07, 6.45) is 4.70. The van der Waals surface area contributed by atoms with Crippen LogP contribution in [-0.2, 0) is 0 Å². The normalized spacial score (nSPS) is 12.7. The summed E-state index contributed by atoms with van der Waals surface area (Å²) in [4.78, 5) is 0. The van der Waals surface area contributed by atoms with E-state index in [1.54, 1.807) is 0 Å². The highest BCUT2D eigenvalue weighted by atomic mass is 16.7. The molecule has 1 aliphatic heterocycles. The Morgan fingerprint density at radius 3 is 2.89 bits per heavy atom. The molecule has 4 nitrogen and oxygen atoms in total.